The van der Waals surface area contributed by atoms with Gasteiger partial charge in [0, 0.05) is 25.4 Å². The second-order valence-electron chi connectivity index (χ2n) is 3.64. The van der Waals surface area contributed by atoms with Gasteiger partial charge in [-0.25, -0.2) is 0 Å². The number of hydrogen-bond donors (Lipinski definition) is 1. The molecule has 15 heavy (non-hydrogen) atoms. The molecule has 1 atom stereocenters. The first-order valence-electron chi connectivity index (χ1n) is 4.82. The Labute approximate surface area is 96.6 Å². The number of halogens is 1. The molecule has 1 saturated heterocycles. The normalized spacial score (nSPS) is 21.1. The quantitative estimate of drug-likeness (QED) is 0.877. The fourth-order valence-electron chi connectivity index (χ4n) is 1.76. The summed E-state index contributed by atoms with van der Waals surface area (Å²) in [6, 6.07) is 1.83. The average molecular weight is 270 g/mol. The summed E-state index contributed by atoms with van der Waals surface area (Å²) in [5.41, 5.74) is 6.45. The average Bonchev–Trinajstić information content (AvgIpc) is 2.60. The molecule has 1 aliphatic rings. The highest BCUT2D eigenvalue weighted by Gasteiger charge is 2.30. The van der Waals surface area contributed by atoms with Crippen LogP contribution in [0.25, 0.3) is 0 Å². The summed E-state index contributed by atoms with van der Waals surface area (Å²) in [7, 11) is 0. The molecule has 2 rings (SSSR count). The van der Waals surface area contributed by atoms with Crippen molar-refractivity contribution in [3.05, 3.63) is 22.9 Å². The number of amides is 1. The van der Waals surface area contributed by atoms with E-state index in [9.17, 15) is 4.79 Å². The smallest absolute Gasteiger partial charge is 0.227 e. The van der Waals surface area contributed by atoms with Gasteiger partial charge in [0.05, 0.1) is 10.2 Å². The van der Waals surface area contributed by atoms with Gasteiger partial charge in [0.1, 0.15) is 0 Å². The van der Waals surface area contributed by atoms with E-state index in [0.717, 1.165) is 10.2 Å². The first kappa shape index (κ1) is 10.6. The lowest BCUT2D eigenvalue weighted by atomic mass is 10.1. The van der Waals surface area contributed by atoms with Gasteiger partial charge in [-0.3, -0.25) is 9.78 Å². The maximum Gasteiger partial charge on any atom is 0.227 e. The lowest BCUT2D eigenvalue weighted by Crippen LogP contribution is -2.26. The molecule has 0 aromatic carbocycles. The summed E-state index contributed by atoms with van der Waals surface area (Å²) in [6.07, 6.45) is 3.92. The minimum atomic E-state index is 0.136. The number of aromatic nitrogens is 1. The molecule has 2 N–H and O–H groups in total. The van der Waals surface area contributed by atoms with E-state index >= 15 is 0 Å². The van der Waals surface area contributed by atoms with Crippen LogP contribution in [0.5, 0.6) is 0 Å². The van der Waals surface area contributed by atoms with Crippen LogP contribution in [0.3, 0.4) is 0 Å². The van der Waals surface area contributed by atoms with E-state index in [2.05, 4.69) is 20.9 Å². The van der Waals surface area contributed by atoms with Crippen LogP contribution in [0.2, 0.25) is 0 Å². The summed E-state index contributed by atoms with van der Waals surface area (Å²) in [5, 5.41) is 0. The third-order valence-corrected chi connectivity index (χ3v) is 3.19. The van der Waals surface area contributed by atoms with Gasteiger partial charge in [0.2, 0.25) is 5.91 Å². The van der Waals surface area contributed by atoms with Crippen molar-refractivity contribution in [1.29, 1.82) is 0 Å². The second-order valence-corrected chi connectivity index (χ2v) is 4.49. The number of pyridine rings is 1. The Morgan fingerprint density at radius 2 is 2.47 bits per heavy atom. The molecular formula is C10H12BrN3O. The molecule has 2 heterocycles. The molecular weight excluding hydrogens is 258 g/mol. The highest BCUT2D eigenvalue weighted by Crippen LogP contribution is 2.30. The summed E-state index contributed by atoms with van der Waals surface area (Å²) in [4.78, 5) is 17.5. The number of hydrogen-bond acceptors (Lipinski definition) is 3. The van der Waals surface area contributed by atoms with Gasteiger partial charge in [-0.2, -0.15) is 0 Å². The van der Waals surface area contributed by atoms with Crippen molar-refractivity contribution in [1.82, 2.24) is 4.98 Å². The van der Waals surface area contributed by atoms with Gasteiger partial charge in [0.15, 0.2) is 0 Å². The summed E-state index contributed by atoms with van der Waals surface area (Å²) in [6.45, 7) is 1.27. The Kier molecular flexibility index (Phi) is 3.02. The maximum absolute atomic E-state index is 11.7. The van der Waals surface area contributed by atoms with E-state index < -0.39 is 0 Å². The first-order valence-corrected chi connectivity index (χ1v) is 5.61. The van der Waals surface area contributed by atoms with E-state index in [1.165, 1.54) is 0 Å². The number of carbonyl (C=O) groups excluding carboxylic acids is 1. The highest BCUT2D eigenvalue weighted by molar-refractivity contribution is 9.10. The summed E-state index contributed by atoms with van der Waals surface area (Å²) in [5.74, 6) is 0.412. The Balaban J connectivity index is 2.25. The fourth-order valence-corrected chi connectivity index (χ4v) is 2.22. The fraction of sp³-hybridized carbons (Fsp3) is 0.400. The zero-order valence-corrected chi connectivity index (χ0v) is 9.77. The predicted octanol–water partition coefficient (Wildman–Crippen LogP) is 1.16. The number of carbonyl (C=O) groups is 1. The van der Waals surface area contributed by atoms with E-state index in [-0.39, 0.29) is 11.8 Å². The van der Waals surface area contributed by atoms with Crippen molar-refractivity contribution in [3.8, 4) is 0 Å². The maximum atomic E-state index is 11.7. The van der Waals surface area contributed by atoms with Crippen LogP contribution in [0, 0.1) is 5.92 Å². The topological polar surface area (TPSA) is 59.2 Å². The third-order valence-electron chi connectivity index (χ3n) is 2.58. The Morgan fingerprint density at radius 3 is 3.07 bits per heavy atom. The molecule has 1 unspecified atom stereocenters. The minimum absolute atomic E-state index is 0.136. The Hall–Kier alpha value is -0.940. The van der Waals surface area contributed by atoms with Crippen molar-refractivity contribution < 1.29 is 4.79 Å². The molecule has 5 heteroatoms. The van der Waals surface area contributed by atoms with E-state index in [1.807, 2.05) is 6.07 Å². The standard InChI is InChI=1S/C10H12BrN3O/c11-8-5-13-2-1-9(8)14-6-7(4-12)3-10(14)15/h1-2,5,7H,3-4,6,12H2. The predicted molar refractivity (Wildman–Crippen MR) is 61.5 cm³/mol. The number of nitrogens with two attached hydrogens (primary N) is 1. The summed E-state index contributed by atoms with van der Waals surface area (Å²) >= 11 is 3.39. The Morgan fingerprint density at radius 1 is 1.67 bits per heavy atom. The van der Waals surface area contributed by atoms with Crippen LogP contribution in [-0.4, -0.2) is 24.0 Å². The Bertz CT molecular complexity index is 383. The monoisotopic (exact) mass is 269 g/mol. The number of nitrogens with zero attached hydrogens (tertiary/aromatic N) is 2. The molecule has 1 amide bonds. The van der Waals surface area contributed by atoms with Crippen molar-refractivity contribution in [2.75, 3.05) is 18.0 Å². The van der Waals surface area contributed by atoms with Crippen LogP contribution in [0.1, 0.15) is 6.42 Å². The molecule has 1 fully saturated rings. The van der Waals surface area contributed by atoms with E-state index in [1.54, 1.807) is 17.3 Å². The lowest BCUT2D eigenvalue weighted by Gasteiger charge is -2.17. The zero-order chi connectivity index (χ0) is 10.8. The molecule has 0 bridgehead atoms. The molecule has 1 aromatic heterocycles. The van der Waals surface area contributed by atoms with Gasteiger partial charge in [-0.1, -0.05) is 0 Å². The van der Waals surface area contributed by atoms with E-state index in [0.29, 0.717) is 19.5 Å². The van der Waals surface area contributed by atoms with Crippen LogP contribution < -0.4 is 10.6 Å². The molecule has 80 valence electrons. The first-order chi connectivity index (χ1) is 7.22. The minimum Gasteiger partial charge on any atom is -0.330 e. The van der Waals surface area contributed by atoms with Crippen molar-refractivity contribution >= 4 is 27.5 Å². The van der Waals surface area contributed by atoms with Crippen LogP contribution in [-0.2, 0) is 4.79 Å². The van der Waals surface area contributed by atoms with Gasteiger partial charge in [-0.15, -0.1) is 0 Å². The number of rotatable bonds is 2. The third kappa shape index (κ3) is 2.03. The molecule has 1 aromatic rings. The molecule has 0 spiro atoms. The molecule has 1 aliphatic heterocycles. The molecule has 0 aliphatic carbocycles. The SMILES string of the molecule is NCC1CC(=O)N(c2ccncc2Br)C1. The van der Waals surface area contributed by atoms with Crippen LogP contribution in [0.15, 0.2) is 22.9 Å². The second kappa shape index (κ2) is 4.28. The van der Waals surface area contributed by atoms with Gasteiger partial charge in [0.25, 0.3) is 0 Å². The molecule has 4 nitrogen and oxygen atoms in total. The van der Waals surface area contributed by atoms with Crippen LogP contribution in [0.4, 0.5) is 5.69 Å². The van der Waals surface area contributed by atoms with Crippen molar-refractivity contribution in [2.24, 2.45) is 11.7 Å². The molecule has 0 radical (unpaired) electrons. The lowest BCUT2D eigenvalue weighted by molar-refractivity contribution is -0.117. The van der Waals surface area contributed by atoms with Crippen molar-refractivity contribution in [3.63, 3.8) is 0 Å². The zero-order valence-electron chi connectivity index (χ0n) is 8.19. The van der Waals surface area contributed by atoms with Crippen LogP contribution >= 0.6 is 15.9 Å². The van der Waals surface area contributed by atoms with E-state index in [4.69, 9.17) is 5.73 Å². The van der Waals surface area contributed by atoms with Crippen molar-refractivity contribution in [2.45, 2.75) is 6.42 Å². The number of anilines is 1. The molecule has 0 saturated carbocycles. The van der Waals surface area contributed by atoms with Gasteiger partial charge >= 0.3 is 0 Å². The summed E-state index contributed by atoms with van der Waals surface area (Å²) < 4.78 is 0.844. The van der Waals surface area contributed by atoms with Gasteiger partial charge in [-0.05, 0) is 34.5 Å². The van der Waals surface area contributed by atoms with Gasteiger partial charge < -0.3 is 10.6 Å². The highest BCUT2D eigenvalue weighted by atomic mass is 79.9. The largest absolute Gasteiger partial charge is 0.330 e.